The third-order valence-electron chi connectivity index (χ3n) is 13.2. The highest BCUT2D eigenvalue weighted by atomic mass is 16.6. The second-order valence-electron chi connectivity index (χ2n) is 20.9. The van der Waals surface area contributed by atoms with E-state index in [-0.39, 0.29) is 31.1 Å². The number of esters is 3. The van der Waals surface area contributed by atoms with Crippen molar-refractivity contribution in [2.24, 2.45) is 11.8 Å². The van der Waals surface area contributed by atoms with Crippen LogP contribution < -0.4 is 0 Å². The van der Waals surface area contributed by atoms with Crippen molar-refractivity contribution in [3.8, 4) is 0 Å². The molecule has 0 aliphatic rings. The Labute approximate surface area is 399 Å². The summed E-state index contributed by atoms with van der Waals surface area (Å²) in [4.78, 5) is 38.0. The minimum atomic E-state index is -0.763. The van der Waals surface area contributed by atoms with Crippen LogP contribution in [-0.2, 0) is 28.6 Å². The molecule has 380 valence electrons. The summed E-state index contributed by atoms with van der Waals surface area (Å²) in [5, 5.41) is 0. The molecular formula is C58H112O6. The number of hydrogen-bond donors (Lipinski definition) is 0. The molecule has 0 amide bonds. The average molecular weight is 906 g/mol. The maximum absolute atomic E-state index is 12.8. The second-order valence-corrected chi connectivity index (χ2v) is 20.9. The molecule has 0 N–H and O–H groups in total. The molecule has 0 aromatic heterocycles. The van der Waals surface area contributed by atoms with Crippen molar-refractivity contribution in [2.75, 3.05) is 13.2 Å². The molecule has 0 aromatic carbocycles. The maximum Gasteiger partial charge on any atom is 0.306 e. The quantitative estimate of drug-likeness (QED) is 0.0344. The Morgan fingerprint density at radius 1 is 0.297 bits per heavy atom. The third-order valence-corrected chi connectivity index (χ3v) is 13.2. The summed E-state index contributed by atoms with van der Waals surface area (Å²) in [5.74, 6) is 0.766. The standard InChI is InChI=1S/C58H112O6/c1-6-7-8-9-10-11-12-13-14-15-16-17-20-24-27-30-33-40-45-50-58(61)64-55(52-63-57(60)49-44-39-35-34-37-42-47-54(4)5)51-62-56(59)48-43-38-32-29-26-23-21-18-19-22-25-28-31-36-41-46-53(2)3/h53-55H,6-52H2,1-5H3/t55-/m1/s1. The molecule has 0 saturated carbocycles. The van der Waals surface area contributed by atoms with Crippen molar-refractivity contribution in [2.45, 2.75) is 330 Å². The van der Waals surface area contributed by atoms with E-state index in [2.05, 4.69) is 34.6 Å². The van der Waals surface area contributed by atoms with Crippen LogP contribution in [0.3, 0.4) is 0 Å². The number of rotatable bonds is 52. The zero-order valence-corrected chi connectivity index (χ0v) is 43.9. The van der Waals surface area contributed by atoms with Gasteiger partial charge >= 0.3 is 17.9 Å². The zero-order chi connectivity index (χ0) is 46.8. The van der Waals surface area contributed by atoms with Gasteiger partial charge in [0, 0.05) is 19.3 Å². The van der Waals surface area contributed by atoms with Crippen molar-refractivity contribution in [1.82, 2.24) is 0 Å². The van der Waals surface area contributed by atoms with Gasteiger partial charge in [-0.25, -0.2) is 0 Å². The molecule has 0 saturated heterocycles. The van der Waals surface area contributed by atoms with E-state index in [4.69, 9.17) is 14.2 Å². The Bertz CT molecular complexity index is 978. The van der Waals surface area contributed by atoms with E-state index in [9.17, 15) is 14.4 Å². The SMILES string of the molecule is CCCCCCCCCCCCCCCCCCCCCC(=O)O[C@H](COC(=O)CCCCCCCCCCCCCCCCCC(C)C)COC(=O)CCCCCCCCC(C)C. The highest BCUT2D eigenvalue weighted by molar-refractivity contribution is 5.71. The molecule has 0 fully saturated rings. The molecule has 1 atom stereocenters. The van der Waals surface area contributed by atoms with Crippen LogP contribution in [-0.4, -0.2) is 37.2 Å². The molecule has 0 bridgehead atoms. The molecule has 0 spiro atoms. The van der Waals surface area contributed by atoms with Crippen LogP contribution in [0.1, 0.15) is 324 Å². The van der Waals surface area contributed by atoms with Gasteiger partial charge in [0.05, 0.1) is 0 Å². The van der Waals surface area contributed by atoms with Crippen molar-refractivity contribution < 1.29 is 28.6 Å². The topological polar surface area (TPSA) is 78.9 Å². The van der Waals surface area contributed by atoms with E-state index in [0.717, 1.165) is 69.6 Å². The van der Waals surface area contributed by atoms with Crippen LogP contribution in [0.4, 0.5) is 0 Å². The van der Waals surface area contributed by atoms with E-state index in [1.807, 2.05) is 0 Å². The van der Waals surface area contributed by atoms with Crippen molar-refractivity contribution >= 4 is 17.9 Å². The summed E-state index contributed by atoms with van der Waals surface area (Å²) in [6.45, 7) is 11.3. The minimum absolute atomic E-state index is 0.0638. The Balaban J connectivity index is 4.21. The van der Waals surface area contributed by atoms with Crippen LogP contribution in [0.5, 0.6) is 0 Å². The first-order valence-electron chi connectivity index (χ1n) is 28.7. The van der Waals surface area contributed by atoms with Crippen LogP contribution >= 0.6 is 0 Å². The van der Waals surface area contributed by atoms with E-state index in [1.165, 1.54) is 212 Å². The van der Waals surface area contributed by atoms with Crippen LogP contribution in [0, 0.1) is 11.8 Å². The Morgan fingerprint density at radius 2 is 0.516 bits per heavy atom. The van der Waals surface area contributed by atoms with Crippen LogP contribution in [0.2, 0.25) is 0 Å². The Hall–Kier alpha value is -1.59. The Morgan fingerprint density at radius 3 is 0.766 bits per heavy atom. The first-order valence-corrected chi connectivity index (χ1v) is 28.7. The predicted molar refractivity (Wildman–Crippen MR) is 275 cm³/mol. The van der Waals surface area contributed by atoms with Crippen molar-refractivity contribution in [3.05, 3.63) is 0 Å². The molecule has 0 heterocycles. The highest BCUT2D eigenvalue weighted by Crippen LogP contribution is 2.18. The van der Waals surface area contributed by atoms with Gasteiger partial charge in [0.1, 0.15) is 13.2 Å². The lowest BCUT2D eigenvalue weighted by Gasteiger charge is -2.18. The molecule has 64 heavy (non-hydrogen) atoms. The molecule has 6 heteroatoms. The first kappa shape index (κ1) is 62.4. The maximum atomic E-state index is 12.8. The van der Waals surface area contributed by atoms with Crippen molar-refractivity contribution in [1.29, 1.82) is 0 Å². The second kappa shape index (κ2) is 50.8. The number of carbonyl (C=O) groups excluding carboxylic acids is 3. The molecule has 0 unspecified atom stereocenters. The molecule has 0 aromatic rings. The molecular weight excluding hydrogens is 793 g/mol. The summed E-state index contributed by atoms with van der Waals surface area (Å²) in [6.07, 6.45) is 54.0. The lowest BCUT2D eigenvalue weighted by Crippen LogP contribution is -2.30. The largest absolute Gasteiger partial charge is 0.462 e. The van der Waals surface area contributed by atoms with Gasteiger partial charge in [-0.05, 0) is 31.1 Å². The van der Waals surface area contributed by atoms with Gasteiger partial charge < -0.3 is 14.2 Å². The van der Waals surface area contributed by atoms with Gasteiger partial charge in [-0.15, -0.1) is 0 Å². The zero-order valence-electron chi connectivity index (χ0n) is 43.9. The third kappa shape index (κ3) is 51.4. The fourth-order valence-electron chi connectivity index (χ4n) is 8.87. The van der Waals surface area contributed by atoms with E-state index in [1.54, 1.807) is 0 Å². The van der Waals surface area contributed by atoms with Crippen molar-refractivity contribution in [3.63, 3.8) is 0 Å². The lowest BCUT2D eigenvalue weighted by molar-refractivity contribution is -0.167. The summed E-state index contributed by atoms with van der Waals surface area (Å²) in [5.41, 5.74) is 0. The highest BCUT2D eigenvalue weighted by Gasteiger charge is 2.19. The fraction of sp³-hybridized carbons (Fsp3) is 0.948. The summed E-state index contributed by atoms with van der Waals surface area (Å²) in [6, 6.07) is 0. The van der Waals surface area contributed by atoms with Gasteiger partial charge in [0.25, 0.3) is 0 Å². The summed E-state index contributed by atoms with van der Waals surface area (Å²) >= 11 is 0. The number of hydrogen-bond acceptors (Lipinski definition) is 6. The summed E-state index contributed by atoms with van der Waals surface area (Å²) in [7, 11) is 0. The predicted octanol–water partition coefficient (Wildman–Crippen LogP) is 18.9. The van der Waals surface area contributed by atoms with Gasteiger partial charge in [-0.2, -0.15) is 0 Å². The van der Waals surface area contributed by atoms with Gasteiger partial charge in [0.2, 0.25) is 0 Å². The number of ether oxygens (including phenoxy) is 3. The van der Waals surface area contributed by atoms with E-state index < -0.39 is 6.10 Å². The molecule has 0 aliphatic carbocycles. The molecule has 0 rings (SSSR count). The monoisotopic (exact) mass is 905 g/mol. The smallest absolute Gasteiger partial charge is 0.306 e. The van der Waals surface area contributed by atoms with Crippen LogP contribution in [0.25, 0.3) is 0 Å². The van der Waals surface area contributed by atoms with E-state index in [0.29, 0.717) is 19.3 Å². The number of carbonyl (C=O) groups is 3. The minimum Gasteiger partial charge on any atom is -0.462 e. The van der Waals surface area contributed by atoms with Crippen LogP contribution in [0.15, 0.2) is 0 Å². The average Bonchev–Trinajstić information content (AvgIpc) is 3.27. The van der Waals surface area contributed by atoms with E-state index >= 15 is 0 Å². The summed E-state index contributed by atoms with van der Waals surface area (Å²) < 4.78 is 16.8. The number of unbranched alkanes of at least 4 members (excludes halogenated alkanes) is 37. The van der Waals surface area contributed by atoms with Gasteiger partial charge in [-0.3, -0.25) is 14.4 Å². The normalized spacial score (nSPS) is 12.0. The Kier molecular flexibility index (Phi) is 49.6. The molecule has 0 radical (unpaired) electrons. The fourth-order valence-corrected chi connectivity index (χ4v) is 8.87. The first-order chi connectivity index (χ1) is 31.2. The molecule has 6 nitrogen and oxygen atoms in total. The van der Waals surface area contributed by atoms with Gasteiger partial charge in [-0.1, -0.05) is 285 Å². The van der Waals surface area contributed by atoms with Gasteiger partial charge in [0.15, 0.2) is 6.10 Å². The lowest BCUT2D eigenvalue weighted by atomic mass is 10.0. The molecule has 0 aliphatic heterocycles.